The van der Waals surface area contributed by atoms with Gasteiger partial charge in [0.2, 0.25) is 0 Å². The number of ether oxygens (including phenoxy) is 2. The molecule has 0 amide bonds. The van der Waals surface area contributed by atoms with Crippen molar-refractivity contribution in [3.63, 3.8) is 0 Å². The highest BCUT2D eigenvalue weighted by Crippen LogP contribution is 2.19. The van der Waals surface area contributed by atoms with Crippen molar-refractivity contribution in [1.82, 2.24) is 20.1 Å². The van der Waals surface area contributed by atoms with Crippen LogP contribution in [0.15, 0.2) is 24.3 Å². The molecule has 3 rings (SSSR count). The Morgan fingerprint density at radius 2 is 2.25 bits per heavy atom. The Bertz CT molecular complexity index is 692. The molecule has 1 aliphatic rings. The number of nitrogens with one attached hydrogen (secondary N) is 1. The summed E-state index contributed by atoms with van der Waals surface area (Å²) in [4.78, 5) is 6.75. The van der Waals surface area contributed by atoms with E-state index in [1.54, 1.807) is 12.1 Å². The van der Waals surface area contributed by atoms with Gasteiger partial charge in [-0.05, 0) is 24.3 Å². The highest BCUT2D eigenvalue weighted by Gasteiger charge is 2.25. The topological polar surface area (TPSA) is 87.1 Å². The number of nitriles is 1. The molecule has 1 fully saturated rings. The molecule has 1 atom stereocenters. The van der Waals surface area contributed by atoms with Gasteiger partial charge in [-0.25, -0.2) is 4.98 Å². The first-order chi connectivity index (χ1) is 11.8. The lowest BCUT2D eigenvalue weighted by atomic mass is 10.2. The fourth-order valence-corrected chi connectivity index (χ4v) is 2.59. The van der Waals surface area contributed by atoms with Crippen molar-refractivity contribution >= 4 is 0 Å². The Hall–Kier alpha value is -2.43. The van der Waals surface area contributed by atoms with Crippen LogP contribution in [0.25, 0.3) is 0 Å². The third kappa shape index (κ3) is 4.10. The van der Waals surface area contributed by atoms with E-state index < -0.39 is 0 Å². The first-order valence-corrected chi connectivity index (χ1v) is 8.16. The lowest BCUT2D eigenvalue weighted by molar-refractivity contribution is -0.0369. The number of H-pyrrole nitrogens is 1. The first-order valence-electron chi connectivity index (χ1n) is 8.16. The van der Waals surface area contributed by atoms with Gasteiger partial charge in [-0.2, -0.15) is 10.4 Å². The molecule has 0 unspecified atom stereocenters. The maximum absolute atomic E-state index is 8.79. The average molecular weight is 327 g/mol. The zero-order valence-electron chi connectivity index (χ0n) is 13.7. The second kappa shape index (κ2) is 7.90. The summed E-state index contributed by atoms with van der Waals surface area (Å²) in [5.74, 6) is 2.39. The molecule has 0 aliphatic carbocycles. The summed E-state index contributed by atoms with van der Waals surface area (Å²) in [7, 11) is 0. The normalized spacial score (nSPS) is 18.2. The molecule has 1 saturated heterocycles. The summed E-state index contributed by atoms with van der Waals surface area (Å²) in [5, 5.41) is 16.0. The van der Waals surface area contributed by atoms with Crippen LogP contribution in [0.5, 0.6) is 5.75 Å². The molecule has 0 saturated carbocycles. The molecule has 7 heteroatoms. The van der Waals surface area contributed by atoms with Crippen LogP contribution in [0.1, 0.15) is 30.2 Å². The first kappa shape index (κ1) is 16.4. The summed E-state index contributed by atoms with van der Waals surface area (Å²) in [6.07, 6.45) is 0.743. The minimum Gasteiger partial charge on any atom is -0.492 e. The number of rotatable bonds is 6. The fourth-order valence-electron chi connectivity index (χ4n) is 2.59. The number of aromatic amines is 1. The Morgan fingerprint density at radius 1 is 1.42 bits per heavy atom. The van der Waals surface area contributed by atoms with E-state index in [-0.39, 0.29) is 6.10 Å². The van der Waals surface area contributed by atoms with Gasteiger partial charge in [0.1, 0.15) is 24.3 Å². The lowest BCUT2D eigenvalue weighted by Gasteiger charge is -2.31. The van der Waals surface area contributed by atoms with Crippen LogP contribution in [0.3, 0.4) is 0 Å². The van der Waals surface area contributed by atoms with Crippen LogP contribution in [-0.2, 0) is 11.2 Å². The minimum absolute atomic E-state index is 0.0924. The number of hydrogen-bond donors (Lipinski definition) is 1. The number of nitrogens with zero attached hydrogens (tertiary/aromatic N) is 4. The van der Waals surface area contributed by atoms with Gasteiger partial charge in [-0.3, -0.25) is 10.00 Å². The Morgan fingerprint density at radius 3 is 2.96 bits per heavy atom. The molecule has 1 aromatic carbocycles. The molecule has 0 spiro atoms. The average Bonchev–Trinajstić information content (AvgIpc) is 3.12. The summed E-state index contributed by atoms with van der Waals surface area (Å²) >= 11 is 0. The second-order valence-corrected chi connectivity index (χ2v) is 5.64. The lowest BCUT2D eigenvalue weighted by Crippen LogP contribution is -2.40. The van der Waals surface area contributed by atoms with E-state index in [1.165, 1.54) is 0 Å². The zero-order valence-corrected chi connectivity index (χ0v) is 13.7. The predicted molar refractivity (Wildman–Crippen MR) is 87.5 cm³/mol. The molecule has 7 nitrogen and oxygen atoms in total. The van der Waals surface area contributed by atoms with E-state index in [2.05, 4.69) is 26.2 Å². The van der Waals surface area contributed by atoms with Crippen LogP contribution in [0.2, 0.25) is 0 Å². The van der Waals surface area contributed by atoms with Crippen LogP contribution in [-0.4, -0.2) is 52.9 Å². The fraction of sp³-hybridized carbons (Fsp3) is 0.471. The Kier molecular flexibility index (Phi) is 5.41. The van der Waals surface area contributed by atoms with Gasteiger partial charge in [0, 0.05) is 26.1 Å². The smallest absolute Gasteiger partial charge is 0.180 e. The molecular weight excluding hydrogens is 306 g/mol. The van der Waals surface area contributed by atoms with E-state index in [1.807, 2.05) is 19.1 Å². The predicted octanol–water partition coefficient (Wildman–Crippen LogP) is 1.69. The summed E-state index contributed by atoms with van der Waals surface area (Å²) < 4.78 is 11.5. The van der Waals surface area contributed by atoms with E-state index >= 15 is 0 Å². The number of benzene rings is 1. The van der Waals surface area contributed by atoms with Crippen molar-refractivity contribution in [2.75, 3.05) is 32.8 Å². The second-order valence-electron chi connectivity index (χ2n) is 5.64. The largest absolute Gasteiger partial charge is 0.492 e. The molecule has 2 aromatic rings. The van der Waals surface area contributed by atoms with Gasteiger partial charge in [-0.15, -0.1) is 0 Å². The SMILES string of the molecule is CCc1nc([C@H]2CN(CCOc3ccc(C#N)cc3)CCO2)n[nH]1. The molecule has 0 bridgehead atoms. The number of hydrogen-bond acceptors (Lipinski definition) is 6. The molecule has 1 N–H and O–H groups in total. The van der Waals surface area contributed by atoms with E-state index in [4.69, 9.17) is 14.7 Å². The van der Waals surface area contributed by atoms with Crippen molar-refractivity contribution in [3.8, 4) is 11.8 Å². The zero-order chi connectivity index (χ0) is 16.8. The monoisotopic (exact) mass is 327 g/mol. The molecule has 2 heterocycles. The van der Waals surface area contributed by atoms with Crippen molar-refractivity contribution in [2.24, 2.45) is 0 Å². The van der Waals surface area contributed by atoms with Gasteiger partial charge in [0.15, 0.2) is 5.82 Å². The van der Waals surface area contributed by atoms with E-state index in [9.17, 15) is 0 Å². The van der Waals surface area contributed by atoms with Gasteiger partial charge >= 0.3 is 0 Å². The Balaban J connectivity index is 1.47. The van der Waals surface area contributed by atoms with Gasteiger partial charge in [-0.1, -0.05) is 6.92 Å². The van der Waals surface area contributed by atoms with Crippen molar-refractivity contribution in [1.29, 1.82) is 5.26 Å². The van der Waals surface area contributed by atoms with Crippen LogP contribution < -0.4 is 4.74 Å². The third-order valence-electron chi connectivity index (χ3n) is 3.98. The van der Waals surface area contributed by atoms with Gasteiger partial charge in [0.05, 0.1) is 18.2 Å². The number of morpholine rings is 1. The number of aryl methyl sites for hydroxylation is 1. The van der Waals surface area contributed by atoms with Crippen LogP contribution >= 0.6 is 0 Å². The molecule has 126 valence electrons. The van der Waals surface area contributed by atoms with E-state index in [0.717, 1.165) is 43.5 Å². The van der Waals surface area contributed by atoms with Crippen LogP contribution in [0, 0.1) is 11.3 Å². The van der Waals surface area contributed by atoms with Gasteiger partial charge < -0.3 is 9.47 Å². The Labute approximate surface area is 141 Å². The quantitative estimate of drug-likeness (QED) is 0.869. The van der Waals surface area contributed by atoms with Crippen molar-refractivity contribution in [3.05, 3.63) is 41.5 Å². The summed E-state index contributed by atoms with van der Waals surface area (Å²) in [5.41, 5.74) is 0.635. The van der Waals surface area contributed by atoms with E-state index in [0.29, 0.717) is 18.8 Å². The molecule has 0 radical (unpaired) electrons. The molecule has 1 aromatic heterocycles. The van der Waals surface area contributed by atoms with Gasteiger partial charge in [0.25, 0.3) is 0 Å². The summed E-state index contributed by atoms with van der Waals surface area (Å²) in [6.45, 7) is 5.74. The summed E-state index contributed by atoms with van der Waals surface area (Å²) in [6, 6.07) is 9.25. The van der Waals surface area contributed by atoms with Crippen molar-refractivity contribution < 1.29 is 9.47 Å². The van der Waals surface area contributed by atoms with Crippen LogP contribution in [0.4, 0.5) is 0 Å². The van der Waals surface area contributed by atoms with Crippen molar-refractivity contribution in [2.45, 2.75) is 19.4 Å². The highest BCUT2D eigenvalue weighted by atomic mass is 16.5. The number of aromatic nitrogens is 3. The standard InChI is InChI=1S/C17H21N5O2/c1-2-16-19-17(21-20-16)15-12-22(8-10-24-15)7-9-23-14-5-3-13(11-18)4-6-14/h3-6,15H,2,7-10,12H2,1H3,(H,19,20,21)/t15-/m1/s1. The third-order valence-corrected chi connectivity index (χ3v) is 3.98. The molecule has 1 aliphatic heterocycles. The molecular formula is C17H21N5O2. The minimum atomic E-state index is -0.0924. The maximum atomic E-state index is 8.79. The maximum Gasteiger partial charge on any atom is 0.180 e. The highest BCUT2D eigenvalue weighted by molar-refractivity contribution is 5.34. The molecule has 24 heavy (non-hydrogen) atoms.